The lowest BCUT2D eigenvalue weighted by Crippen LogP contribution is -2.61. The van der Waals surface area contributed by atoms with E-state index in [2.05, 4.69) is 15.2 Å². The fourth-order valence-electron chi connectivity index (χ4n) is 3.68. The van der Waals surface area contributed by atoms with Gasteiger partial charge in [-0.25, -0.2) is 0 Å². The van der Waals surface area contributed by atoms with Crippen molar-refractivity contribution in [1.82, 2.24) is 15.2 Å². The van der Waals surface area contributed by atoms with E-state index in [1.54, 1.807) is 12.4 Å². The van der Waals surface area contributed by atoms with Crippen molar-refractivity contribution in [2.75, 3.05) is 26.3 Å². The topological polar surface area (TPSA) is 74.7 Å². The van der Waals surface area contributed by atoms with Gasteiger partial charge in [0.2, 0.25) is 5.91 Å². The molecule has 6 heteroatoms. The number of aliphatic hydroxyl groups is 1. The summed E-state index contributed by atoms with van der Waals surface area (Å²) >= 11 is 0. The molecule has 2 N–H and O–H groups in total. The number of nitrogens with zero attached hydrogens (tertiary/aromatic N) is 2. The first kappa shape index (κ1) is 18.3. The summed E-state index contributed by atoms with van der Waals surface area (Å²) in [5, 5.41) is 13.0. The monoisotopic (exact) mass is 347 g/mol. The van der Waals surface area contributed by atoms with Crippen LogP contribution in [0.2, 0.25) is 0 Å². The minimum Gasteiger partial charge on any atom is -0.393 e. The third-order valence-electron chi connectivity index (χ3n) is 5.60. The second kappa shape index (κ2) is 7.81. The van der Waals surface area contributed by atoms with Crippen LogP contribution < -0.4 is 5.32 Å². The van der Waals surface area contributed by atoms with Crippen LogP contribution >= 0.6 is 0 Å². The van der Waals surface area contributed by atoms with Crippen molar-refractivity contribution in [3.05, 3.63) is 30.1 Å². The minimum absolute atomic E-state index is 0.0404. The van der Waals surface area contributed by atoms with E-state index >= 15 is 0 Å². The molecule has 0 bridgehead atoms. The minimum atomic E-state index is -0.567. The summed E-state index contributed by atoms with van der Waals surface area (Å²) in [6.07, 6.45) is 5.62. The second-order valence-electron chi connectivity index (χ2n) is 7.68. The van der Waals surface area contributed by atoms with Crippen molar-refractivity contribution < 1.29 is 14.6 Å². The fraction of sp³-hybridized carbons (Fsp3) is 0.684. The Labute approximate surface area is 149 Å². The lowest BCUT2D eigenvalue weighted by molar-refractivity contribution is -0.136. The molecule has 0 spiro atoms. The number of ether oxygens (including phenoxy) is 1. The zero-order chi connectivity index (χ0) is 17.9. The normalized spacial score (nSPS) is 25.9. The molecule has 138 valence electrons. The second-order valence-corrected chi connectivity index (χ2v) is 7.68. The van der Waals surface area contributed by atoms with Crippen molar-refractivity contribution in [1.29, 1.82) is 0 Å². The summed E-state index contributed by atoms with van der Waals surface area (Å²) < 4.78 is 5.40. The summed E-state index contributed by atoms with van der Waals surface area (Å²) in [4.78, 5) is 19.3. The Bertz CT molecular complexity index is 567. The first-order valence-electron chi connectivity index (χ1n) is 9.17. The van der Waals surface area contributed by atoms with E-state index in [1.807, 2.05) is 26.0 Å². The number of hydrogen-bond donors (Lipinski definition) is 2. The summed E-state index contributed by atoms with van der Waals surface area (Å²) in [5.41, 5.74) is 0.591. The van der Waals surface area contributed by atoms with E-state index in [0.717, 1.165) is 37.9 Å². The van der Waals surface area contributed by atoms with Gasteiger partial charge in [0.25, 0.3) is 0 Å². The molecule has 1 aliphatic heterocycles. The Morgan fingerprint density at radius 3 is 2.60 bits per heavy atom. The molecule has 1 saturated heterocycles. The van der Waals surface area contributed by atoms with Crippen LogP contribution in [0, 0.1) is 5.92 Å². The van der Waals surface area contributed by atoms with E-state index in [1.165, 1.54) is 0 Å². The maximum atomic E-state index is 13.0. The summed E-state index contributed by atoms with van der Waals surface area (Å²) in [5.74, 6) is 0.377. The zero-order valence-corrected chi connectivity index (χ0v) is 15.1. The van der Waals surface area contributed by atoms with Crippen LogP contribution in [0.3, 0.4) is 0 Å². The van der Waals surface area contributed by atoms with Crippen molar-refractivity contribution in [2.24, 2.45) is 5.92 Å². The summed E-state index contributed by atoms with van der Waals surface area (Å²) in [6.45, 7) is 6.85. The van der Waals surface area contributed by atoms with Crippen LogP contribution in [0.1, 0.15) is 32.3 Å². The van der Waals surface area contributed by atoms with Gasteiger partial charge in [-0.1, -0.05) is 0 Å². The molecular weight excluding hydrogens is 318 g/mol. The highest BCUT2D eigenvalue weighted by atomic mass is 16.5. The van der Waals surface area contributed by atoms with Crippen molar-refractivity contribution in [2.45, 2.75) is 50.8 Å². The van der Waals surface area contributed by atoms with Gasteiger partial charge in [0.1, 0.15) is 0 Å². The van der Waals surface area contributed by atoms with E-state index in [-0.39, 0.29) is 18.1 Å². The molecule has 25 heavy (non-hydrogen) atoms. The van der Waals surface area contributed by atoms with Crippen LogP contribution in [0.4, 0.5) is 0 Å². The van der Waals surface area contributed by atoms with E-state index in [0.29, 0.717) is 19.1 Å². The van der Waals surface area contributed by atoms with Gasteiger partial charge in [0.15, 0.2) is 0 Å². The highest BCUT2D eigenvalue weighted by Gasteiger charge is 2.40. The number of morpholine rings is 1. The number of carbonyl (C=O) groups is 1. The number of rotatable bonds is 6. The average Bonchev–Trinajstić information content (AvgIpc) is 2.60. The van der Waals surface area contributed by atoms with Crippen LogP contribution in [0.25, 0.3) is 0 Å². The van der Waals surface area contributed by atoms with E-state index in [4.69, 9.17) is 4.74 Å². The summed E-state index contributed by atoms with van der Waals surface area (Å²) in [7, 11) is 0. The van der Waals surface area contributed by atoms with Gasteiger partial charge in [0, 0.05) is 31.5 Å². The van der Waals surface area contributed by atoms with Gasteiger partial charge in [-0.2, -0.15) is 0 Å². The molecule has 0 aromatic carbocycles. The van der Waals surface area contributed by atoms with Gasteiger partial charge < -0.3 is 15.2 Å². The molecule has 2 aliphatic rings. The van der Waals surface area contributed by atoms with Gasteiger partial charge in [0.05, 0.1) is 24.9 Å². The zero-order valence-electron chi connectivity index (χ0n) is 15.1. The van der Waals surface area contributed by atoms with Crippen LogP contribution in [0.15, 0.2) is 24.5 Å². The molecule has 0 unspecified atom stereocenters. The predicted octanol–water partition coefficient (Wildman–Crippen LogP) is 0.991. The number of pyridine rings is 1. The molecule has 1 aromatic rings. The van der Waals surface area contributed by atoms with Gasteiger partial charge in [-0.15, -0.1) is 0 Å². The molecule has 3 rings (SSSR count). The molecule has 2 heterocycles. The molecular formula is C19H29N3O3. The standard InChI is InChI=1S/C19H29N3O3/c1-19(2,22-7-9-25-10-8-22)18(24)21-17(15-12-16(23)13-15)11-14-3-5-20-6-4-14/h3-6,15-17,23H,7-13H2,1-2H3,(H,21,24)/t15?,16?,17-/m1/s1. The first-order chi connectivity index (χ1) is 12.0. The van der Waals surface area contributed by atoms with Crippen LogP contribution in [-0.4, -0.2) is 64.9 Å². The van der Waals surface area contributed by atoms with Gasteiger partial charge in [-0.05, 0) is 56.7 Å². The Morgan fingerprint density at radius 2 is 2.00 bits per heavy atom. The van der Waals surface area contributed by atoms with Crippen molar-refractivity contribution >= 4 is 5.91 Å². The average molecular weight is 347 g/mol. The predicted molar refractivity (Wildman–Crippen MR) is 95.1 cm³/mol. The number of aliphatic hydroxyl groups excluding tert-OH is 1. The third-order valence-corrected chi connectivity index (χ3v) is 5.60. The molecule has 2 fully saturated rings. The smallest absolute Gasteiger partial charge is 0.240 e. The van der Waals surface area contributed by atoms with E-state index in [9.17, 15) is 9.90 Å². The quantitative estimate of drug-likeness (QED) is 0.803. The number of hydrogen-bond acceptors (Lipinski definition) is 5. The molecule has 1 atom stereocenters. The first-order valence-corrected chi connectivity index (χ1v) is 9.17. The number of carbonyl (C=O) groups excluding carboxylic acids is 1. The molecule has 1 amide bonds. The van der Waals surface area contributed by atoms with Crippen molar-refractivity contribution in [3.8, 4) is 0 Å². The van der Waals surface area contributed by atoms with E-state index < -0.39 is 5.54 Å². The Morgan fingerprint density at radius 1 is 1.36 bits per heavy atom. The highest BCUT2D eigenvalue weighted by Crippen LogP contribution is 2.32. The lowest BCUT2D eigenvalue weighted by atomic mass is 9.75. The molecule has 1 aliphatic carbocycles. The Balaban J connectivity index is 1.67. The Hall–Kier alpha value is -1.50. The molecule has 6 nitrogen and oxygen atoms in total. The maximum absolute atomic E-state index is 13.0. The number of nitrogens with one attached hydrogen (secondary N) is 1. The van der Waals surface area contributed by atoms with Gasteiger partial charge in [-0.3, -0.25) is 14.7 Å². The van der Waals surface area contributed by atoms with Crippen LogP contribution in [0.5, 0.6) is 0 Å². The van der Waals surface area contributed by atoms with Crippen molar-refractivity contribution in [3.63, 3.8) is 0 Å². The maximum Gasteiger partial charge on any atom is 0.240 e. The largest absolute Gasteiger partial charge is 0.393 e. The number of aromatic nitrogens is 1. The number of amides is 1. The van der Waals surface area contributed by atoms with Gasteiger partial charge >= 0.3 is 0 Å². The summed E-state index contributed by atoms with van der Waals surface area (Å²) in [6, 6.07) is 4.02. The fourth-order valence-corrected chi connectivity index (χ4v) is 3.68. The SMILES string of the molecule is CC(C)(C(=O)N[C@H](Cc1ccncc1)C1CC(O)C1)N1CCOCC1. The molecule has 0 radical (unpaired) electrons. The Kier molecular flexibility index (Phi) is 5.71. The molecule has 1 saturated carbocycles. The van der Waals surface area contributed by atoms with Crippen LogP contribution in [-0.2, 0) is 16.0 Å². The lowest BCUT2D eigenvalue weighted by Gasteiger charge is -2.43. The third kappa shape index (κ3) is 4.37. The highest BCUT2D eigenvalue weighted by molar-refractivity contribution is 5.85. The molecule has 1 aromatic heterocycles.